The summed E-state index contributed by atoms with van der Waals surface area (Å²) >= 11 is 7.56. The maximum Gasteiger partial charge on any atom is 0.174 e. The van der Waals surface area contributed by atoms with Gasteiger partial charge in [0.15, 0.2) is 5.11 Å². The zero-order valence-electron chi connectivity index (χ0n) is 16.9. The molecule has 1 aliphatic rings. The van der Waals surface area contributed by atoms with Gasteiger partial charge in [-0.2, -0.15) is 0 Å². The molecule has 1 atom stereocenters. The van der Waals surface area contributed by atoms with Crippen molar-refractivity contribution in [2.45, 2.75) is 31.7 Å². The number of thiocarbonyl (C=S) groups is 1. The largest absolute Gasteiger partial charge is 0.494 e. The Bertz CT molecular complexity index is 894. The molecule has 0 radical (unpaired) electrons. The Morgan fingerprint density at radius 3 is 2.55 bits per heavy atom. The van der Waals surface area contributed by atoms with Crippen LogP contribution >= 0.6 is 24.0 Å². The van der Waals surface area contributed by atoms with E-state index in [1.165, 1.54) is 5.56 Å². The van der Waals surface area contributed by atoms with Gasteiger partial charge < -0.3 is 20.1 Å². The van der Waals surface area contributed by atoms with E-state index in [-0.39, 0.29) is 5.37 Å². The van der Waals surface area contributed by atoms with Crippen LogP contribution in [0.25, 0.3) is 0 Å². The molecule has 0 saturated carbocycles. The van der Waals surface area contributed by atoms with Crippen LogP contribution in [0.1, 0.15) is 37.3 Å². The lowest BCUT2D eigenvalue weighted by molar-refractivity contribution is 0.143. The molecule has 1 fully saturated rings. The highest BCUT2D eigenvalue weighted by Crippen LogP contribution is 2.38. The zero-order valence-corrected chi connectivity index (χ0v) is 18.6. The highest BCUT2D eigenvalue weighted by atomic mass is 32.2. The Hall–Kier alpha value is -2.20. The van der Waals surface area contributed by atoms with Crippen LogP contribution in [0.5, 0.6) is 5.75 Å². The number of nitrogens with one attached hydrogen (secondary N) is 1. The van der Waals surface area contributed by atoms with E-state index < -0.39 is 5.60 Å². The van der Waals surface area contributed by atoms with Crippen molar-refractivity contribution >= 4 is 34.8 Å². The molecule has 1 aliphatic heterocycles. The average Bonchev–Trinajstić information content (AvgIpc) is 3.18. The van der Waals surface area contributed by atoms with Crippen molar-refractivity contribution < 1.29 is 9.84 Å². The smallest absolute Gasteiger partial charge is 0.174 e. The molecule has 6 heteroatoms. The normalized spacial score (nSPS) is 16.1. The van der Waals surface area contributed by atoms with Gasteiger partial charge in [0.2, 0.25) is 0 Å². The molecule has 1 saturated heterocycles. The Morgan fingerprint density at radius 1 is 1.24 bits per heavy atom. The molecule has 4 nitrogen and oxygen atoms in total. The van der Waals surface area contributed by atoms with Crippen molar-refractivity contribution in [2.24, 2.45) is 0 Å². The molecule has 2 aromatic carbocycles. The first-order chi connectivity index (χ1) is 13.9. The van der Waals surface area contributed by atoms with Gasteiger partial charge in [0.1, 0.15) is 16.7 Å². The van der Waals surface area contributed by atoms with Crippen LogP contribution in [0.4, 0.5) is 5.69 Å². The van der Waals surface area contributed by atoms with E-state index in [0.717, 1.165) is 34.4 Å². The van der Waals surface area contributed by atoms with Crippen LogP contribution in [-0.2, 0) is 0 Å². The predicted octanol–water partition coefficient (Wildman–Crippen LogP) is 4.65. The van der Waals surface area contributed by atoms with Crippen LogP contribution < -0.4 is 10.1 Å². The number of anilines is 1. The van der Waals surface area contributed by atoms with Gasteiger partial charge in [-0.25, -0.2) is 0 Å². The van der Waals surface area contributed by atoms with E-state index in [2.05, 4.69) is 34.2 Å². The van der Waals surface area contributed by atoms with Crippen LogP contribution in [0.2, 0.25) is 0 Å². The Kier molecular flexibility index (Phi) is 7.07. The minimum Gasteiger partial charge on any atom is -0.494 e. The second-order valence-corrected chi connectivity index (χ2v) is 8.81. The van der Waals surface area contributed by atoms with Gasteiger partial charge in [-0.1, -0.05) is 24.0 Å². The molecule has 2 aromatic rings. The minimum absolute atomic E-state index is 0.175. The number of benzene rings is 2. The molecule has 0 spiro atoms. The van der Waals surface area contributed by atoms with Gasteiger partial charge in [-0.3, -0.25) is 0 Å². The summed E-state index contributed by atoms with van der Waals surface area (Å²) in [5.41, 5.74) is 2.04. The number of ether oxygens (including phenoxy) is 1. The standard InChI is InChI=1S/C23H26N2O2S2/c1-4-27-20-11-9-19(10-12-20)24-22(28)25-15-16-29-21(25)18-7-5-17(6-8-18)13-14-23(2,3)26/h5-12,21,26H,4,15-16H2,1-3H3,(H,24,28). The Balaban J connectivity index is 1.67. The Labute approximate surface area is 182 Å². The molecule has 0 aromatic heterocycles. The molecule has 152 valence electrons. The van der Waals surface area contributed by atoms with Crippen molar-refractivity contribution in [3.05, 3.63) is 59.7 Å². The number of hydrogen-bond donors (Lipinski definition) is 2. The summed E-state index contributed by atoms with van der Waals surface area (Å²) in [7, 11) is 0. The molecule has 0 bridgehead atoms. The molecular formula is C23H26N2O2S2. The fraction of sp³-hybridized carbons (Fsp3) is 0.348. The third kappa shape index (κ3) is 6.14. The lowest BCUT2D eigenvalue weighted by Crippen LogP contribution is -2.34. The third-order valence-electron chi connectivity index (χ3n) is 4.28. The van der Waals surface area contributed by atoms with Crippen LogP contribution in [-0.4, -0.2) is 39.6 Å². The third-order valence-corrected chi connectivity index (χ3v) is 5.87. The summed E-state index contributed by atoms with van der Waals surface area (Å²) in [4.78, 5) is 2.22. The Morgan fingerprint density at radius 2 is 1.93 bits per heavy atom. The van der Waals surface area contributed by atoms with Crippen molar-refractivity contribution in [3.8, 4) is 17.6 Å². The summed E-state index contributed by atoms with van der Waals surface area (Å²) < 4.78 is 5.49. The van der Waals surface area contributed by atoms with Crippen molar-refractivity contribution in [2.75, 3.05) is 24.2 Å². The molecule has 29 heavy (non-hydrogen) atoms. The number of thioether (sulfide) groups is 1. The fourth-order valence-corrected chi connectivity index (χ4v) is 4.55. The van der Waals surface area contributed by atoms with E-state index in [9.17, 15) is 5.11 Å². The summed E-state index contributed by atoms with van der Waals surface area (Å²) in [6, 6.07) is 16.0. The highest BCUT2D eigenvalue weighted by molar-refractivity contribution is 7.99. The summed E-state index contributed by atoms with van der Waals surface area (Å²) in [6.45, 7) is 6.89. The van der Waals surface area contributed by atoms with Gasteiger partial charge in [-0.05, 0) is 75.0 Å². The molecule has 1 unspecified atom stereocenters. The van der Waals surface area contributed by atoms with E-state index in [1.807, 2.05) is 55.1 Å². The lowest BCUT2D eigenvalue weighted by Gasteiger charge is -2.27. The molecule has 0 amide bonds. The van der Waals surface area contributed by atoms with Crippen molar-refractivity contribution in [1.29, 1.82) is 0 Å². The van der Waals surface area contributed by atoms with E-state index >= 15 is 0 Å². The van der Waals surface area contributed by atoms with Crippen LogP contribution in [0, 0.1) is 11.8 Å². The number of rotatable bonds is 4. The zero-order chi connectivity index (χ0) is 20.9. The fourth-order valence-electron chi connectivity index (χ4n) is 2.91. The van der Waals surface area contributed by atoms with Crippen molar-refractivity contribution in [3.63, 3.8) is 0 Å². The quantitative estimate of drug-likeness (QED) is 0.548. The maximum absolute atomic E-state index is 9.75. The molecule has 0 aliphatic carbocycles. The number of hydrogen-bond acceptors (Lipinski definition) is 4. The van der Waals surface area contributed by atoms with Gasteiger partial charge in [-0.15, -0.1) is 11.8 Å². The lowest BCUT2D eigenvalue weighted by atomic mass is 10.1. The first-order valence-corrected chi connectivity index (χ1v) is 11.1. The van der Waals surface area contributed by atoms with Gasteiger partial charge in [0.25, 0.3) is 0 Å². The van der Waals surface area contributed by atoms with Crippen molar-refractivity contribution in [1.82, 2.24) is 4.90 Å². The minimum atomic E-state index is -0.991. The first-order valence-electron chi connectivity index (χ1n) is 9.63. The summed E-state index contributed by atoms with van der Waals surface area (Å²) in [6.07, 6.45) is 0. The van der Waals surface area contributed by atoms with Gasteiger partial charge in [0.05, 0.1) is 6.61 Å². The first kappa shape index (κ1) is 21.5. The number of aliphatic hydroxyl groups is 1. The topological polar surface area (TPSA) is 44.7 Å². The molecule has 2 N–H and O–H groups in total. The van der Waals surface area contributed by atoms with Gasteiger partial charge in [0, 0.05) is 23.5 Å². The van der Waals surface area contributed by atoms with Crippen LogP contribution in [0.15, 0.2) is 48.5 Å². The second kappa shape index (κ2) is 9.53. The molecule has 1 heterocycles. The molecule has 3 rings (SSSR count). The van der Waals surface area contributed by atoms with Gasteiger partial charge >= 0.3 is 0 Å². The second-order valence-electron chi connectivity index (χ2n) is 7.24. The number of nitrogens with zero attached hydrogens (tertiary/aromatic N) is 1. The summed E-state index contributed by atoms with van der Waals surface area (Å²) in [5, 5.41) is 14.0. The average molecular weight is 427 g/mol. The maximum atomic E-state index is 9.75. The van der Waals surface area contributed by atoms with E-state index in [0.29, 0.717) is 6.61 Å². The van der Waals surface area contributed by atoms with Crippen LogP contribution in [0.3, 0.4) is 0 Å². The SMILES string of the molecule is CCOc1ccc(NC(=S)N2CCSC2c2ccc(C#CC(C)(C)O)cc2)cc1. The van der Waals surface area contributed by atoms with E-state index in [4.69, 9.17) is 17.0 Å². The monoisotopic (exact) mass is 426 g/mol. The predicted molar refractivity (Wildman–Crippen MR) is 125 cm³/mol. The summed E-state index contributed by atoms with van der Waals surface area (Å²) in [5.74, 6) is 7.73. The van der Waals surface area contributed by atoms with E-state index in [1.54, 1.807) is 13.8 Å². The molecular weight excluding hydrogens is 400 g/mol. The highest BCUT2D eigenvalue weighted by Gasteiger charge is 2.28.